The number of Topliss-reactive ketones (excluding diaryl/α,β-unsaturated/α-hetero) is 1. The molecule has 0 spiro atoms. The molecule has 0 aliphatic heterocycles. The maximum absolute atomic E-state index is 11.8. The van der Waals surface area contributed by atoms with E-state index in [1.807, 2.05) is 13.8 Å². The fourth-order valence-corrected chi connectivity index (χ4v) is 1.40. The highest BCUT2D eigenvalue weighted by Crippen LogP contribution is 1.98. The van der Waals surface area contributed by atoms with Crippen LogP contribution in [0.25, 0.3) is 5.65 Å². The van der Waals surface area contributed by atoms with Gasteiger partial charge in [0.1, 0.15) is 6.54 Å². The smallest absolute Gasteiger partial charge is 0.297 e. The molecular weight excluding hydrogens is 206 g/mol. The van der Waals surface area contributed by atoms with Crippen LogP contribution in [-0.2, 0) is 11.3 Å². The number of ketones is 1. The minimum atomic E-state index is -0.274. The monoisotopic (exact) mass is 219 g/mol. The summed E-state index contributed by atoms with van der Waals surface area (Å²) in [6.07, 6.45) is 1.64. The summed E-state index contributed by atoms with van der Waals surface area (Å²) in [4.78, 5) is 23.3. The molecule has 2 rings (SSSR count). The van der Waals surface area contributed by atoms with Gasteiger partial charge in [0, 0.05) is 12.1 Å². The van der Waals surface area contributed by atoms with Gasteiger partial charge in [0.2, 0.25) is 0 Å². The Hall–Kier alpha value is -1.91. The van der Waals surface area contributed by atoms with E-state index in [0.29, 0.717) is 5.65 Å². The highest BCUT2D eigenvalue weighted by Gasteiger charge is 2.12. The molecule has 2 aromatic rings. The third-order valence-electron chi connectivity index (χ3n) is 2.44. The maximum Gasteiger partial charge on any atom is 0.350 e. The molecule has 0 saturated carbocycles. The molecule has 16 heavy (non-hydrogen) atoms. The number of nitrogens with zero attached hydrogens (tertiary/aromatic N) is 3. The lowest BCUT2D eigenvalue weighted by Crippen LogP contribution is -2.26. The van der Waals surface area contributed by atoms with E-state index in [-0.39, 0.29) is 23.9 Å². The van der Waals surface area contributed by atoms with Gasteiger partial charge in [-0.3, -0.25) is 9.20 Å². The minimum Gasteiger partial charge on any atom is -0.297 e. The summed E-state index contributed by atoms with van der Waals surface area (Å²) in [5, 5.41) is 4.08. The molecule has 0 bridgehead atoms. The summed E-state index contributed by atoms with van der Waals surface area (Å²) in [6.45, 7) is 3.66. The number of hydrogen-bond acceptors (Lipinski definition) is 3. The van der Waals surface area contributed by atoms with Crippen LogP contribution < -0.4 is 5.69 Å². The average Bonchev–Trinajstić information content (AvgIpc) is 2.56. The number of carbonyl (C=O) groups excluding carboxylic acids is 1. The first-order valence-electron chi connectivity index (χ1n) is 5.16. The van der Waals surface area contributed by atoms with Crippen molar-refractivity contribution in [3.8, 4) is 0 Å². The minimum absolute atomic E-state index is 0.00510. The Balaban J connectivity index is 2.43. The van der Waals surface area contributed by atoms with E-state index in [9.17, 15) is 9.59 Å². The molecule has 0 aromatic carbocycles. The summed E-state index contributed by atoms with van der Waals surface area (Å²) < 4.78 is 2.63. The van der Waals surface area contributed by atoms with E-state index < -0.39 is 0 Å². The quantitative estimate of drug-likeness (QED) is 0.764. The number of hydrogen-bond donors (Lipinski definition) is 0. The Morgan fingerprint density at radius 1 is 1.44 bits per heavy atom. The molecule has 0 atom stereocenters. The lowest BCUT2D eigenvalue weighted by atomic mass is 10.1. The van der Waals surface area contributed by atoms with Gasteiger partial charge in [0.05, 0.1) is 0 Å². The number of fused-ring (bicyclic) bond motifs is 1. The van der Waals surface area contributed by atoms with Crippen molar-refractivity contribution in [1.82, 2.24) is 14.2 Å². The molecule has 2 heterocycles. The fourth-order valence-electron chi connectivity index (χ4n) is 1.40. The van der Waals surface area contributed by atoms with Crippen LogP contribution in [0.3, 0.4) is 0 Å². The second-order valence-corrected chi connectivity index (χ2v) is 3.99. The van der Waals surface area contributed by atoms with Crippen LogP contribution in [0.15, 0.2) is 29.2 Å². The zero-order valence-corrected chi connectivity index (χ0v) is 9.25. The van der Waals surface area contributed by atoms with Crippen molar-refractivity contribution in [1.29, 1.82) is 0 Å². The van der Waals surface area contributed by atoms with Gasteiger partial charge in [-0.05, 0) is 12.1 Å². The molecule has 0 saturated heterocycles. The molecule has 0 radical (unpaired) electrons. The van der Waals surface area contributed by atoms with Gasteiger partial charge in [0.25, 0.3) is 0 Å². The van der Waals surface area contributed by atoms with E-state index in [1.54, 1.807) is 24.4 Å². The van der Waals surface area contributed by atoms with Crippen molar-refractivity contribution < 1.29 is 4.79 Å². The molecule has 0 unspecified atom stereocenters. The largest absolute Gasteiger partial charge is 0.350 e. The van der Waals surface area contributed by atoms with Gasteiger partial charge in [-0.15, -0.1) is 5.10 Å². The van der Waals surface area contributed by atoms with E-state index in [1.165, 1.54) is 9.08 Å². The molecule has 0 fully saturated rings. The van der Waals surface area contributed by atoms with E-state index in [2.05, 4.69) is 5.10 Å². The van der Waals surface area contributed by atoms with E-state index >= 15 is 0 Å². The van der Waals surface area contributed by atoms with Crippen molar-refractivity contribution >= 4 is 11.4 Å². The van der Waals surface area contributed by atoms with Gasteiger partial charge < -0.3 is 0 Å². The van der Waals surface area contributed by atoms with Crippen LogP contribution >= 0.6 is 0 Å². The molecular formula is C11H13N3O2. The molecule has 0 aliphatic rings. The fraction of sp³-hybridized carbons (Fsp3) is 0.364. The first kappa shape index (κ1) is 10.6. The van der Waals surface area contributed by atoms with E-state index in [0.717, 1.165) is 0 Å². The lowest BCUT2D eigenvalue weighted by Gasteiger charge is -2.01. The summed E-state index contributed by atoms with van der Waals surface area (Å²) >= 11 is 0. The van der Waals surface area contributed by atoms with Crippen LogP contribution in [0.2, 0.25) is 0 Å². The molecule has 0 N–H and O–H groups in total. The standard InChI is InChI=1S/C11H13N3O2/c1-8(2)9(15)7-14-11(16)13-6-4-3-5-10(13)12-14/h3-6,8H,7H2,1-2H3. The molecule has 0 aliphatic carbocycles. The SMILES string of the molecule is CC(C)C(=O)Cn1nc2ccccn2c1=O. The third kappa shape index (κ3) is 1.76. The molecule has 0 amide bonds. The van der Waals surface area contributed by atoms with Crippen LogP contribution in [-0.4, -0.2) is 20.0 Å². The molecule has 5 nitrogen and oxygen atoms in total. The predicted molar refractivity (Wildman–Crippen MR) is 59.3 cm³/mol. The Bertz CT molecular complexity index is 580. The zero-order valence-electron chi connectivity index (χ0n) is 9.25. The highest BCUT2D eigenvalue weighted by molar-refractivity contribution is 5.79. The Morgan fingerprint density at radius 2 is 2.19 bits per heavy atom. The summed E-state index contributed by atoms with van der Waals surface area (Å²) in [6, 6.07) is 5.29. The van der Waals surface area contributed by atoms with Gasteiger partial charge in [-0.2, -0.15) is 0 Å². The van der Waals surface area contributed by atoms with Crippen molar-refractivity contribution in [2.75, 3.05) is 0 Å². The van der Waals surface area contributed by atoms with Crippen LogP contribution in [0.1, 0.15) is 13.8 Å². The Morgan fingerprint density at radius 3 is 2.81 bits per heavy atom. The average molecular weight is 219 g/mol. The van der Waals surface area contributed by atoms with Gasteiger partial charge in [0.15, 0.2) is 11.4 Å². The van der Waals surface area contributed by atoms with Crippen LogP contribution in [0.4, 0.5) is 0 Å². The van der Waals surface area contributed by atoms with Crippen LogP contribution in [0, 0.1) is 5.92 Å². The number of aromatic nitrogens is 3. The van der Waals surface area contributed by atoms with Crippen molar-refractivity contribution in [3.63, 3.8) is 0 Å². The Labute approximate surface area is 92.3 Å². The number of rotatable bonds is 3. The maximum atomic E-state index is 11.8. The molecule has 2 aromatic heterocycles. The normalized spacial score (nSPS) is 11.2. The van der Waals surface area contributed by atoms with Crippen molar-refractivity contribution in [2.24, 2.45) is 5.92 Å². The Kier molecular flexibility index (Phi) is 2.60. The first-order valence-corrected chi connectivity index (χ1v) is 5.16. The van der Waals surface area contributed by atoms with Gasteiger partial charge in [-0.25, -0.2) is 9.48 Å². The molecule has 5 heteroatoms. The second-order valence-electron chi connectivity index (χ2n) is 3.99. The third-order valence-corrected chi connectivity index (χ3v) is 2.44. The van der Waals surface area contributed by atoms with Gasteiger partial charge in [-0.1, -0.05) is 19.9 Å². The van der Waals surface area contributed by atoms with Crippen molar-refractivity contribution in [3.05, 3.63) is 34.9 Å². The highest BCUT2D eigenvalue weighted by atomic mass is 16.2. The number of pyridine rings is 1. The van der Waals surface area contributed by atoms with E-state index in [4.69, 9.17) is 0 Å². The first-order chi connectivity index (χ1) is 7.59. The molecule has 84 valence electrons. The summed E-state index contributed by atoms with van der Waals surface area (Å²) in [5.74, 6) is -0.0813. The number of carbonyl (C=O) groups is 1. The van der Waals surface area contributed by atoms with Crippen molar-refractivity contribution in [2.45, 2.75) is 20.4 Å². The zero-order chi connectivity index (χ0) is 11.7. The second kappa shape index (κ2) is 3.92. The predicted octanol–water partition coefficient (Wildman–Crippen LogP) is 0.721. The summed E-state index contributed by atoms with van der Waals surface area (Å²) in [7, 11) is 0. The summed E-state index contributed by atoms with van der Waals surface area (Å²) in [5.41, 5.74) is 0.286. The van der Waals surface area contributed by atoms with Gasteiger partial charge >= 0.3 is 5.69 Å². The van der Waals surface area contributed by atoms with Crippen LogP contribution in [0.5, 0.6) is 0 Å². The topological polar surface area (TPSA) is 56.4 Å². The lowest BCUT2D eigenvalue weighted by molar-refractivity contribution is -0.122.